The predicted octanol–water partition coefficient (Wildman–Crippen LogP) is 5.52. The Bertz CT molecular complexity index is 1020. The summed E-state index contributed by atoms with van der Waals surface area (Å²) in [7, 11) is 1.62. The fraction of sp³-hybridized carbons (Fsp3) is 0.462. The molecule has 0 saturated heterocycles. The Morgan fingerprint density at radius 3 is 2.44 bits per heavy atom. The molecule has 1 aromatic carbocycles. The van der Waals surface area contributed by atoms with E-state index in [1.54, 1.807) is 18.4 Å². The summed E-state index contributed by atoms with van der Waals surface area (Å²) in [5.41, 5.74) is 1.15. The number of aryl methyl sites for hydroxylation is 1. The van der Waals surface area contributed by atoms with Crippen molar-refractivity contribution in [1.29, 1.82) is 0 Å². The van der Waals surface area contributed by atoms with Gasteiger partial charge >= 0.3 is 5.97 Å². The number of Topliss-reactive ketones (excluding diaryl/α,β-unsaturated/α-hetero) is 1. The van der Waals surface area contributed by atoms with Crippen molar-refractivity contribution in [2.24, 2.45) is 11.8 Å². The lowest BCUT2D eigenvalue weighted by atomic mass is 9.83. The Morgan fingerprint density at radius 2 is 1.88 bits per heavy atom. The number of rotatable bonds is 9. The van der Waals surface area contributed by atoms with E-state index in [9.17, 15) is 14.7 Å². The topological polar surface area (TPSA) is 72.8 Å². The zero-order valence-electron chi connectivity index (χ0n) is 18.8. The lowest BCUT2D eigenvalue weighted by Crippen LogP contribution is -2.42. The van der Waals surface area contributed by atoms with E-state index in [0.29, 0.717) is 18.8 Å². The van der Waals surface area contributed by atoms with E-state index in [4.69, 9.17) is 9.47 Å². The van der Waals surface area contributed by atoms with E-state index < -0.39 is 23.6 Å². The van der Waals surface area contributed by atoms with Gasteiger partial charge in [-0.15, -0.1) is 11.3 Å². The summed E-state index contributed by atoms with van der Waals surface area (Å²) in [6.45, 7) is 3.95. The smallest absolute Gasteiger partial charge is 0.339 e. The first-order valence-electron chi connectivity index (χ1n) is 11.3. The van der Waals surface area contributed by atoms with Crippen LogP contribution in [0.5, 0.6) is 5.75 Å². The van der Waals surface area contributed by atoms with Gasteiger partial charge in [-0.25, -0.2) is 4.79 Å². The largest absolute Gasteiger partial charge is 0.504 e. The van der Waals surface area contributed by atoms with E-state index in [2.05, 4.69) is 0 Å². The van der Waals surface area contributed by atoms with Crippen molar-refractivity contribution < 1.29 is 24.2 Å². The summed E-state index contributed by atoms with van der Waals surface area (Å²) in [5, 5.41) is 10.9. The number of carbonyl (C=O) groups is 2. The van der Waals surface area contributed by atoms with Gasteiger partial charge in [0.25, 0.3) is 0 Å². The minimum atomic E-state index is -0.948. The molecule has 1 aliphatic heterocycles. The Balaban J connectivity index is 1.60. The van der Waals surface area contributed by atoms with Crippen LogP contribution in [0.15, 0.2) is 47.7 Å². The fourth-order valence-corrected chi connectivity index (χ4v) is 5.63. The summed E-state index contributed by atoms with van der Waals surface area (Å²) in [5.74, 6) is -0.637. The molecule has 0 bridgehead atoms. The molecule has 1 fully saturated rings. The highest BCUT2D eigenvalue weighted by atomic mass is 32.1. The van der Waals surface area contributed by atoms with Gasteiger partial charge in [-0.05, 0) is 61.9 Å². The molecule has 1 aromatic heterocycles. The van der Waals surface area contributed by atoms with Crippen LogP contribution in [0, 0.1) is 18.8 Å². The molecule has 2 heterocycles. The first-order valence-corrected chi connectivity index (χ1v) is 12.1. The number of benzene rings is 1. The van der Waals surface area contributed by atoms with Gasteiger partial charge in [0, 0.05) is 21.6 Å². The number of ketones is 1. The van der Waals surface area contributed by atoms with E-state index in [-0.39, 0.29) is 17.4 Å². The van der Waals surface area contributed by atoms with Gasteiger partial charge in [-0.3, -0.25) is 4.79 Å². The molecule has 2 aliphatic rings. The first-order chi connectivity index (χ1) is 15.4. The highest BCUT2D eigenvalue weighted by molar-refractivity contribution is 7.12. The van der Waals surface area contributed by atoms with Crippen LogP contribution in [0.4, 0.5) is 0 Å². The summed E-state index contributed by atoms with van der Waals surface area (Å²) in [4.78, 5) is 28.4. The van der Waals surface area contributed by atoms with Crippen molar-refractivity contribution >= 4 is 23.1 Å². The Hall–Kier alpha value is -2.60. The fourth-order valence-electron chi connectivity index (χ4n) is 4.56. The maximum Gasteiger partial charge on any atom is 0.339 e. The molecule has 5 nitrogen and oxygen atoms in total. The number of carbonyl (C=O) groups excluding carboxylic acids is 2. The molecular formula is C26H30O5S. The number of esters is 1. The van der Waals surface area contributed by atoms with Crippen molar-refractivity contribution in [1.82, 2.24) is 0 Å². The van der Waals surface area contributed by atoms with E-state index in [1.807, 2.05) is 50.2 Å². The lowest BCUT2D eigenvalue weighted by molar-refractivity contribution is -0.158. The van der Waals surface area contributed by atoms with Gasteiger partial charge in [0.2, 0.25) is 5.78 Å². The molecule has 0 radical (unpaired) electrons. The molecule has 170 valence electrons. The van der Waals surface area contributed by atoms with Gasteiger partial charge in [0.1, 0.15) is 5.75 Å². The molecular weight excluding hydrogens is 424 g/mol. The summed E-state index contributed by atoms with van der Waals surface area (Å²) < 4.78 is 11.0. The van der Waals surface area contributed by atoms with E-state index >= 15 is 0 Å². The SMILES string of the molecule is CCC(C1=C(O)C(=O)C(C(Cc2ccc(OC)cc2)CC2CC2)OC1=O)c1ccc(C)s1. The quantitative estimate of drug-likeness (QED) is 0.505. The maximum atomic E-state index is 13.3. The second-order valence-electron chi connectivity index (χ2n) is 8.85. The molecule has 3 unspecified atom stereocenters. The summed E-state index contributed by atoms with van der Waals surface area (Å²) in [6.07, 6.45) is 3.33. The van der Waals surface area contributed by atoms with Crippen LogP contribution >= 0.6 is 11.3 Å². The van der Waals surface area contributed by atoms with Crippen molar-refractivity contribution in [3.63, 3.8) is 0 Å². The van der Waals surface area contributed by atoms with Crippen molar-refractivity contribution in [3.05, 3.63) is 63.0 Å². The number of hydrogen-bond acceptors (Lipinski definition) is 6. The van der Waals surface area contributed by atoms with Crippen LogP contribution < -0.4 is 4.74 Å². The zero-order chi connectivity index (χ0) is 22.8. The van der Waals surface area contributed by atoms with Crippen molar-refractivity contribution in [2.45, 2.75) is 58.0 Å². The van der Waals surface area contributed by atoms with E-state index in [1.165, 1.54) is 0 Å². The van der Waals surface area contributed by atoms with Crippen LogP contribution in [0.1, 0.15) is 53.8 Å². The van der Waals surface area contributed by atoms with Crippen LogP contribution in [0.25, 0.3) is 0 Å². The molecule has 0 amide bonds. The molecule has 2 aromatic rings. The van der Waals surface area contributed by atoms with Gasteiger partial charge in [-0.1, -0.05) is 31.9 Å². The van der Waals surface area contributed by atoms with Gasteiger partial charge in [-0.2, -0.15) is 0 Å². The lowest BCUT2D eigenvalue weighted by Gasteiger charge is -2.31. The number of aliphatic hydroxyl groups excluding tert-OH is 1. The average Bonchev–Trinajstić information content (AvgIpc) is 3.51. The normalized spacial score (nSPS) is 20.8. The van der Waals surface area contributed by atoms with E-state index in [0.717, 1.165) is 40.3 Å². The number of cyclic esters (lactones) is 1. The Labute approximate surface area is 193 Å². The number of ether oxygens (including phenoxy) is 2. The van der Waals surface area contributed by atoms with Crippen molar-refractivity contribution in [3.8, 4) is 5.75 Å². The monoisotopic (exact) mass is 454 g/mol. The number of thiophene rings is 1. The highest BCUT2D eigenvalue weighted by Gasteiger charge is 2.44. The molecule has 32 heavy (non-hydrogen) atoms. The second-order valence-corrected chi connectivity index (χ2v) is 10.2. The molecule has 1 N–H and O–H groups in total. The summed E-state index contributed by atoms with van der Waals surface area (Å²) >= 11 is 1.57. The standard InChI is InChI=1S/C26H30O5S/c1-4-20(21-12-5-15(2)32-21)22-23(27)24(28)25(31-26(22)29)18(13-16-6-7-16)14-17-8-10-19(30-3)11-9-17/h5,8-12,16,18,20,25,27H,4,6-7,13-14H2,1-3H3. The minimum Gasteiger partial charge on any atom is -0.504 e. The Morgan fingerprint density at radius 1 is 1.16 bits per heavy atom. The zero-order valence-corrected chi connectivity index (χ0v) is 19.6. The third-order valence-corrected chi connectivity index (χ3v) is 7.59. The summed E-state index contributed by atoms with van der Waals surface area (Å²) in [6, 6.07) is 11.7. The molecule has 1 aliphatic carbocycles. The molecule has 1 saturated carbocycles. The predicted molar refractivity (Wildman–Crippen MR) is 124 cm³/mol. The highest BCUT2D eigenvalue weighted by Crippen LogP contribution is 2.41. The van der Waals surface area contributed by atoms with Crippen LogP contribution in [0.2, 0.25) is 0 Å². The van der Waals surface area contributed by atoms with Crippen LogP contribution in [-0.4, -0.2) is 30.1 Å². The molecule has 0 spiro atoms. The Kier molecular flexibility index (Phi) is 6.70. The number of aliphatic hydroxyl groups is 1. The van der Waals surface area contributed by atoms with Gasteiger partial charge in [0.15, 0.2) is 11.9 Å². The number of methoxy groups -OCH3 is 1. The number of hydrogen-bond donors (Lipinski definition) is 1. The molecule has 3 atom stereocenters. The maximum absolute atomic E-state index is 13.3. The third-order valence-electron chi connectivity index (χ3n) is 6.48. The second kappa shape index (κ2) is 9.49. The molecule has 6 heteroatoms. The minimum absolute atomic E-state index is 0.102. The van der Waals surface area contributed by atoms with Crippen LogP contribution in [-0.2, 0) is 20.7 Å². The van der Waals surface area contributed by atoms with Crippen molar-refractivity contribution in [2.75, 3.05) is 7.11 Å². The first kappa shape index (κ1) is 22.6. The van der Waals surface area contributed by atoms with Crippen LogP contribution in [0.3, 0.4) is 0 Å². The average molecular weight is 455 g/mol. The van der Waals surface area contributed by atoms with Gasteiger partial charge < -0.3 is 14.6 Å². The van der Waals surface area contributed by atoms with Gasteiger partial charge in [0.05, 0.1) is 12.7 Å². The molecule has 4 rings (SSSR count). The third kappa shape index (κ3) is 4.75.